The molecule has 2 aliphatic heterocycles. The number of hydrogen-bond acceptors (Lipinski definition) is 4. The van der Waals surface area contributed by atoms with Crippen molar-refractivity contribution in [3.05, 3.63) is 75.9 Å². The summed E-state index contributed by atoms with van der Waals surface area (Å²) in [4.78, 5) is 28.2. The Labute approximate surface area is 196 Å². The molecule has 0 aromatic heterocycles. The molecule has 2 atom stereocenters. The van der Waals surface area contributed by atoms with Crippen molar-refractivity contribution in [3.8, 4) is 0 Å². The maximum absolute atomic E-state index is 13.3. The molecule has 4 rings (SSSR count). The van der Waals surface area contributed by atoms with Crippen LogP contribution >= 0.6 is 0 Å². The number of ether oxygens (including phenoxy) is 1. The second-order valence-electron chi connectivity index (χ2n) is 10.2. The van der Waals surface area contributed by atoms with Crippen molar-refractivity contribution in [1.82, 2.24) is 4.90 Å². The fourth-order valence-corrected chi connectivity index (χ4v) is 4.78. The summed E-state index contributed by atoms with van der Waals surface area (Å²) in [6.07, 6.45) is 1.71. The van der Waals surface area contributed by atoms with E-state index in [0.717, 1.165) is 35.1 Å². The first-order chi connectivity index (χ1) is 15.6. The van der Waals surface area contributed by atoms with Crippen molar-refractivity contribution in [3.63, 3.8) is 0 Å². The summed E-state index contributed by atoms with van der Waals surface area (Å²) in [7, 11) is 0. The number of aliphatic hydroxyl groups excluding tert-OH is 1. The number of nitrogens with zero attached hydrogens (tertiary/aromatic N) is 1. The van der Waals surface area contributed by atoms with Crippen molar-refractivity contribution in [2.24, 2.45) is 0 Å². The minimum absolute atomic E-state index is 0.0966. The Bertz CT molecular complexity index is 1120. The minimum Gasteiger partial charge on any atom is -0.507 e. The summed E-state index contributed by atoms with van der Waals surface area (Å²) in [6, 6.07) is 13.0. The van der Waals surface area contributed by atoms with Crippen LogP contribution in [0.2, 0.25) is 0 Å². The van der Waals surface area contributed by atoms with Gasteiger partial charge in [0.05, 0.1) is 17.7 Å². The van der Waals surface area contributed by atoms with E-state index in [1.165, 1.54) is 0 Å². The second-order valence-corrected chi connectivity index (χ2v) is 10.2. The number of hydrogen-bond donors (Lipinski definition) is 1. The highest BCUT2D eigenvalue weighted by atomic mass is 16.5. The number of benzene rings is 2. The van der Waals surface area contributed by atoms with Gasteiger partial charge in [-0.05, 0) is 60.4 Å². The van der Waals surface area contributed by atoms with E-state index in [9.17, 15) is 14.7 Å². The Kier molecular flexibility index (Phi) is 6.19. The molecule has 0 spiro atoms. The van der Waals surface area contributed by atoms with Crippen LogP contribution in [-0.2, 0) is 19.7 Å². The lowest BCUT2D eigenvalue weighted by atomic mass is 9.84. The van der Waals surface area contributed by atoms with Crippen LogP contribution in [-0.4, -0.2) is 41.0 Å². The van der Waals surface area contributed by atoms with Crippen LogP contribution in [0.4, 0.5) is 0 Å². The Morgan fingerprint density at radius 1 is 1.09 bits per heavy atom. The molecular weight excluding hydrogens is 414 g/mol. The lowest BCUT2D eigenvalue weighted by molar-refractivity contribution is -0.140. The van der Waals surface area contributed by atoms with E-state index in [1.807, 2.05) is 56.3 Å². The molecule has 5 nitrogen and oxygen atoms in total. The Morgan fingerprint density at radius 3 is 2.45 bits per heavy atom. The summed E-state index contributed by atoms with van der Waals surface area (Å²) in [5.41, 5.74) is 4.35. The van der Waals surface area contributed by atoms with Gasteiger partial charge in [-0.15, -0.1) is 0 Å². The van der Waals surface area contributed by atoms with E-state index in [0.29, 0.717) is 18.7 Å². The molecule has 5 heteroatoms. The molecule has 2 saturated heterocycles. The molecule has 2 aromatic rings. The maximum Gasteiger partial charge on any atom is 0.295 e. The molecular formula is C28H33NO4. The highest BCUT2D eigenvalue weighted by molar-refractivity contribution is 6.46. The van der Waals surface area contributed by atoms with Crippen molar-refractivity contribution in [1.29, 1.82) is 0 Å². The first-order valence-electron chi connectivity index (χ1n) is 11.7. The van der Waals surface area contributed by atoms with E-state index < -0.39 is 17.7 Å². The van der Waals surface area contributed by atoms with Gasteiger partial charge < -0.3 is 14.7 Å². The molecule has 33 heavy (non-hydrogen) atoms. The van der Waals surface area contributed by atoms with Crippen molar-refractivity contribution >= 4 is 17.4 Å². The van der Waals surface area contributed by atoms with E-state index in [2.05, 4.69) is 20.8 Å². The molecule has 2 aromatic carbocycles. The highest BCUT2D eigenvalue weighted by Crippen LogP contribution is 2.42. The molecule has 2 heterocycles. The fraction of sp³-hybridized carbons (Fsp3) is 0.429. The molecule has 2 unspecified atom stereocenters. The van der Waals surface area contributed by atoms with Crippen LogP contribution in [0, 0.1) is 13.8 Å². The number of amides is 1. The zero-order chi connectivity index (χ0) is 23.9. The second kappa shape index (κ2) is 8.79. The number of aliphatic hydroxyl groups is 1. The number of Topliss-reactive ketones (excluding diaryl/α,β-unsaturated/α-hetero) is 1. The van der Waals surface area contributed by atoms with Gasteiger partial charge in [-0.1, -0.05) is 57.2 Å². The Balaban J connectivity index is 1.89. The molecule has 1 amide bonds. The van der Waals surface area contributed by atoms with E-state index in [4.69, 9.17) is 4.74 Å². The van der Waals surface area contributed by atoms with Crippen molar-refractivity contribution < 1.29 is 19.4 Å². The molecule has 0 saturated carbocycles. The zero-order valence-electron chi connectivity index (χ0n) is 20.1. The first kappa shape index (κ1) is 23.2. The van der Waals surface area contributed by atoms with Crippen LogP contribution in [0.25, 0.3) is 5.76 Å². The third kappa shape index (κ3) is 4.34. The molecule has 174 valence electrons. The largest absolute Gasteiger partial charge is 0.507 e. The summed E-state index contributed by atoms with van der Waals surface area (Å²) in [6.45, 7) is 11.2. The topological polar surface area (TPSA) is 66.8 Å². The van der Waals surface area contributed by atoms with Crippen LogP contribution in [0.5, 0.6) is 0 Å². The normalized spacial score (nSPS) is 22.9. The third-order valence-electron chi connectivity index (χ3n) is 6.81. The van der Waals surface area contributed by atoms with Crippen molar-refractivity contribution in [2.45, 2.75) is 65.0 Å². The first-order valence-corrected chi connectivity index (χ1v) is 11.7. The van der Waals surface area contributed by atoms with Gasteiger partial charge in [-0.25, -0.2) is 0 Å². The lowest BCUT2D eigenvalue weighted by Gasteiger charge is -2.28. The third-order valence-corrected chi connectivity index (χ3v) is 6.81. The number of carbonyl (C=O) groups is 2. The average molecular weight is 448 g/mol. The quantitative estimate of drug-likeness (QED) is 0.397. The van der Waals surface area contributed by atoms with Gasteiger partial charge in [-0.3, -0.25) is 9.59 Å². The van der Waals surface area contributed by atoms with Crippen LogP contribution < -0.4 is 0 Å². The monoisotopic (exact) mass is 447 g/mol. The molecule has 0 bridgehead atoms. The highest BCUT2D eigenvalue weighted by Gasteiger charge is 2.47. The summed E-state index contributed by atoms with van der Waals surface area (Å²) in [5.74, 6) is -1.33. The molecule has 0 aliphatic carbocycles. The van der Waals surface area contributed by atoms with Crippen LogP contribution in [0.3, 0.4) is 0 Å². The van der Waals surface area contributed by atoms with Crippen LogP contribution in [0.1, 0.15) is 67.5 Å². The number of carbonyl (C=O) groups excluding carboxylic acids is 2. The van der Waals surface area contributed by atoms with E-state index in [-0.39, 0.29) is 22.9 Å². The van der Waals surface area contributed by atoms with E-state index >= 15 is 0 Å². The summed E-state index contributed by atoms with van der Waals surface area (Å²) in [5, 5.41) is 11.5. The number of likely N-dealkylation sites (tertiary alicyclic amines) is 1. The fourth-order valence-electron chi connectivity index (χ4n) is 4.78. The number of ketones is 1. The SMILES string of the molecule is Cc1ccc(C(C)(C)C)cc1/C(O)=C1\C(=O)C(=O)N(CC2CCCO2)C1c1ccccc1C. The molecule has 2 aliphatic rings. The van der Waals surface area contributed by atoms with Crippen LogP contribution in [0.15, 0.2) is 48.0 Å². The standard InChI is InChI=1S/C28H33NO4/c1-17-9-6-7-11-21(17)24-23(26(31)27(32)29(24)16-20-10-8-14-33-20)25(30)22-15-19(28(3,4)5)13-12-18(22)2/h6-7,9,11-13,15,20,24,30H,8,10,14,16H2,1-5H3/b25-23+. The van der Waals surface area contributed by atoms with E-state index in [1.54, 1.807) is 4.90 Å². The predicted molar refractivity (Wildman–Crippen MR) is 129 cm³/mol. The summed E-state index contributed by atoms with van der Waals surface area (Å²) >= 11 is 0. The van der Waals surface area contributed by atoms with Gasteiger partial charge >= 0.3 is 0 Å². The Hall–Kier alpha value is -2.92. The smallest absolute Gasteiger partial charge is 0.295 e. The van der Waals surface area contributed by atoms with Gasteiger partial charge in [0, 0.05) is 18.7 Å². The lowest BCUT2D eigenvalue weighted by Crippen LogP contribution is -2.36. The Morgan fingerprint density at radius 2 is 1.82 bits per heavy atom. The van der Waals surface area contributed by atoms with Gasteiger partial charge in [0.25, 0.3) is 11.7 Å². The van der Waals surface area contributed by atoms with Gasteiger partial charge in [0.1, 0.15) is 5.76 Å². The summed E-state index contributed by atoms with van der Waals surface area (Å²) < 4.78 is 5.78. The van der Waals surface area contributed by atoms with Gasteiger partial charge in [0.2, 0.25) is 0 Å². The maximum atomic E-state index is 13.3. The zero-order valence-corrected chi connectivity index (χ0v) is 20.1. The van der Waals surface area contributed by atoms with Gasteiger partial charge in [0.15, 0.2) is 0 Å². The number of rotatable bonds is 4. The van der Waals surface area contributed by atoms with Gasteiger partial charge in [-0.2, -0.15) is 0 Å². The molecule has 2 fully saturated rings. The average Bonchev–Trinajstić information content (AvgIpc) is 3.36. The minimum atomic E-state index is -0.645. The molecule has 0 radical (unpaired) electrons. The number of aryl methyl sites for hydroxylation is 2. The van der Waals surface area contributed by atoms with Crippen molar-refractivity contribution in [2.75, 3.05) is 13.2 Å². The predicted octanol–water partition coefficient (Wildman–Crippen LogP) is 5.20. The molecule has 1 N–H and O–H groups in total.